The van der Waals surface area contributed by atoms with E-state index in [2.05, 4.69) is 33.0 Å². The van der Waals surface area contributed by atoms with E-state index in [1.54, 1.807) is 32.3 Å². The van der Waals surface area contributed by atoms with Crippen molar-refractivity contribution in [3.63, 3.8) is 0 Å². The van der Waals surface area contributed by atoms with E-state index in [4.69, 9.17) is 14.4 Å². The van der Waals surface area contributed by atoms with Crippen molar-refractivity contribution in [1.82, 2.24) is 19.8 Å². The van der Waals surface area contributed by atoms with Gasteiger partial charge in [0, 0.05) is 39.8 Å². The predicted molar refractivity (Wildman–Crippen MR) is 112 cm³/mol. The summed E-state index contributed by atoms with van der Waals surface area (Å²) < 4.78 is 13.3. The van der Waals surface area contributed by atoms with Crippen LogP contribution in [0.2, 0.25) is 0 Å². The first kappa shape index (κ1) is 19.3. The van der Waals surface area contributed by atoms with Crippen molar-refractivity contribution in [2.75, 3.05) is 6.61 Å². The molecule has 7 nitrogen and oxygen atoms in total. The molecule has 4 aromatic rings. The maximum atomic E-state index is 13.1. The molecule has 148 valence electrons. The number of aryl methyl sites for hydroxylation is 2. The topological polar surface area (TPSA) is 82.5 Å². The molecular weight excluding hydrogens is 436 g/mol. The van der Waals surface area contributed by atoms with Crippen LogP contribution in [0.4, 0.5) is 0 Å². The van der Waals surface area contributed by atoms with Gasteiger partial charge in [0.05, 0.1) is 17.7 Å². The first-order valence-electron chi connectivity index (χ1n) is 9.29. The Balaban J connectivity index is 2.15. The highest BCUT2D eigenvalue weighted by Gasteiger charge is 2.27. The van der Waals surface area contributed by atoms with Crippen LogP contribution in [0.3, 0.4) is 0 Å². The largest absolute Gasteiger partial charge is 0.462 e. The first-order valence-corrected chi connectivity index (χ1v) is 10.1. The summed E-state index contributed by atoms with van der Waals surface area (Å²) in [6, 6.07) is 7.64. The number of halogens is 1. The van der Waals surface area contributed by atoms with Gasteiger partial charge in [-0.25, -0.2) is 9.31 Å². The second-order valence-corrected chi connectivity index (χ2v) is 7.42. The minimum absolute atomic E-state index is 0.249. The molecule has 0 amide bonds. The van der Waals surface area contributed by atoms with Gasteiger partial charge in [-0.05, 0) is 54.4 Å². The lowest BCUT2D eigenvalue weighted by atomic mass is 9.98. The maximum Gasteiger partial charge on any atom is 0.341 e. The zero-order chi connectivity index (χ0) is 20.5. The summed E-state index contributed by atoms with van der Waals surface area (Å²) in [7, 11) is 0. The van der Waals surface area contributed by atoms with Crippen LogP contribution in [0.5, 0.6) is 0 Å². The van der Waals surface area contributed by atoms with Crippen LogP contribution in [0.15, 0.2) is 45.7 Å². The van der Waals surface area contributed by atoms with Gasteiger partial charge in [-0.2, -0.15) is 5.10 Å². The molecule has 0 saturated carbocycles. The van der Waals surface area contributed by atoms with E-state index >= 15 is 0 Å². The van der Waals surface area contributed by atoms with E-state index in [9.17, 15) is 4.79 Å². The van der Waals surface area contributed by atoms with Gasteiger partial charge in [-0.3, -0.25) is 4.98 Å². The quantitative estimate of drug-likeness (QED) is 0.400. The van der Waals surface area contributed by atoms with E-state index in [0.717, 1.165) is 27.7 Å². The molecule has 0 bridgehead atoms. The van der Waals surface area contributed by atoms with Gasteiger partial charge in [-0.1, -0.05) is 12.1 Å². The Morgan fingerprint density at radius 2 is 2.07 bits per heavy atom. The summed E-state index contributed by atoms with van der Waals surface area (Å²) in [6.07, 6.45) is 4.20. The van der Waals surface area contributed by atoms with Crippen molar-refractivity contribution >= 4 is 27.4 Å². The number of esters is 1. The number of fused-ring (bicyclic) bond motifs is 1. The Morgan fingerprint density at radius 3 is 2.72 bits per heavy atom. The molecular formula is C21H19BrN4O3. The fourth-order valence-corrected chi connectivity index (χ4v) is 3.71. The third kappa shape index (κ3) is 3.44. The Labute approximate surface area is 175 Å². The number of ether oxygens (including phenoxy) is 1. The number of hydrogen-bond acceptors (Lipinski definition) is 6. The highest BCUT2D eigenvalue weighted by molar-refractivity contribution is 9.10. The fraction of sp³-hybridized carbons (Fsp3) is 0.238. The lowest BCUT2D eigenvalue weighted by molar-refractivity contribution is 0.0527. The molecule has 0 unspecified atom stereocenters. The molecule has 0 spiro atoms. The second kappa shape index (κ2) is 7.79. The summed E-state index contributed by atoms with van der Waals surface area (Å²) in [4.78, 5) is 17.4. The molecule has 4 aromatic heterocycles. The number of aromatic nitrogens is 4. The van der Waals surface area contributed by atoms with Crippen LogP contribution < -0.4 is 0 Å². The highest BCUT2D eigenvalue weighted by atomic mass is 79.9. The minimum atomic E-state index is -0.465. The van der Waals surface area contributed by atoms with Crippen molar-refractivity contribution in [2.45, 2.75) is 27.2 Å². The van der Waals surface area contributed by atoms with Crippen molar-refractivity contribution in [3.8, 4) is 22.5 Å². The molecule has 0 aliphatic heterocycles. The number of carbonyl (C=O) groups excluding carboxylic acids is 1. The van der Waals surface area contributed by atoms with E-state index in [1.165, 1.54) is 0 Å². The molecule has 0 radical (unpaired) electrons. The normalized spacial score (nSPS) is 11.2. The third-order valence-corrected chi connectivity index (χ3v) is 5.02. The lowest BCUT2D eigenvalue weighted by Gasteiger charge is -2.15. The Kier molecular flexibility index (Phi) is 5.19. The fourth-order valence-electron chi connectivity index (χ4n) is 3.34. The van der Waals surface area contributed by atoms with Gasteiger partial charge in [0.2, 0.25) is 0 Å². The molecule has 0 saturated heterocycles. The standard InChI is InChI=1S/C21H19BrN4O3/c1-4-15-6-7-17-18(13-9-14(22)11-23-10-13)19(21(27)28-5-2)20(24-26(15)17)16-8-12(3)29-25-16/h6-11H,4-5H2,1-3H3. The van der Waals surface area contributed by atoms with Crippen LogP contribution in [0.25, 0.3) is 28.0 Å². The number of rotatable bonds is 5. The Morgan fingerprint density at radius 1 is 1.24 bits per heavy atom. The van der Waals surface area contributed by atoms with Gasteiger partial charge < -0.3 is 9.26 Å². The van der Waals surface area contributed by atoms with Crippen LogP contribution in [0.1, 0.15) is 35.7 Å². The van der Waals surface area contributed by atoms with E-state index in [0.29, 0.717) is 28.3 Å². The Bertz CT molecular complexity index is 1210. The second-order valence-electron chi connectivity index (χ2n) is 6.51. The van der Waals surface area contributed by atoms with Crippen molar-refractivity contribution < 1.29 is 14.1 Å². The molecule has 29 heavy (non-hydrogen) atoms. The smallest absolute Gasteiger partial charge is 0.341 e. The number of carbonyl (C=O) groups is 1. The van der Waals surface area contributed by atoms with Gasteiger partial charge in [0.15, 0.2) is 0 Å². The average Bonchev–Trinajstić information content (AvgIpc) is 3.32. The summed E-state index contributed by atoms with van der Waals surface area (Å²) in [5, 5.41) is 8.87. The van der Waals surface area contributed by atoms with Gasteiger partial charge in [0.25, 0.3) is 0 Å². The zero-order valence-corrected chi connectivity index (χ0v) is 17.9. The monoisotopic (exact) mass is 454 g/mol. The zero-order valence-electron chi connectivity index (χ0n) is 16.3. The molecule has 4 rings (SSSR count). The highest BCUT2D eigenvalue weighted by Crippen LogP contribution is 2.36. The van der Waals surface area contributed by atoms with Gasteiger partial charge in [0.1, 0.15) is 17.1 Å². The minimum Gasteiger partial charge on any atom is -0.462 e. The summed E-state index contributed by atoms with van der Waals surface area (Å²) in [5.41, 5.74) is 4.52. The molecule has 0 fully saturated rings. The number of nitrogens with zero attached hydrogens (tertiary/aromatic N) is 4. The van der Waals surface area contributed by atoms with E-state index in [1.807, 2.05) is 22.7 Å². The predicted octanol–water partition coefficient (Wildman–Crippen LogP) is 4.86. The van der Waals surface area contributed by atoms with Crippen molar-refractivity contribution in [3.05, 3.63) is 58.1 Å². The van der Waals surface area contributed by atoms with Crippen LogP contribution in [0, 0.1) is 6.92 Å². The number of hydrogen-bond donors (Lipinski definition) is 0. The van der Waals surface area contributed by atoms with Gasteiger partial charge in [-0.15, -0.1) is 0 Å². The number of pyridine rings is 1. The van der Waals surface area contributed by atoms with E-state index < -0.39 is 5.97 Å². The van der Waals surface area contributed by atoms with E-state index in [-0.39, 0.29) is 6.61 Å². The van der Waals surface area contributed by atoms with Gasteiger partial charge >= 0.3 is 5.97 Å². The molecule has 0 aliphatic carbocycles. The molecule has 4 heterocycles. The van der Waals surface area contributed by atoms with Crippen LogP contribution in [-0.4, -0.2) is 32.3 Å². The maximum absolute atomic E-state index is 13.1. The van der Waals surface area contributed by atoms with Crippen molar-refractivity contribution in [2.24, 2.45) is 0 Å². The van der Waals surface area contributed by atoms with Crippen LogP contribution in [-0.2, 0) is 11.2 Å². The summed E-state index contributed by atoms with van der Waals surface area (Å²) in [5.74, 6) is 0.165. The summed E-state index contributed by atoms with van der Waals surface area (Å²) >= 11 is 3.47. The average molecular weight is 455 g/mol. The first-order chi connectivity index (χ1) is 14.0. The molecule has 0 aromatic carbocycles. The van der Waals surface area contributed by atoms with Crippen molar-refractivity contribution in [1.29, 1.82) is 0 Å². The van der Waals surface area contributed by atoms with Crippen LogP contribution >= 0.6 is 15.9 Å². The molecule has 0 atom stereocenters. The third-order valence-electron chi connectivity index (χ3n) is 4.58. The lowest BCUT2D eigenvalue weighted by Crippen LogP contribution is -2.13. The summed E-state index contributed by atoms with van der Waals surface area (Å²) in [6.45, 7) is 5.88. The SMILES string of the molecule is CCOC(=O)c1c(-c2cc(C)on2)nn2c(CC)ccc2c1-c1cncc(Br)c1. The molecule has 8 heteroatoms. The molecule has 0 aliphatic rings. The Hall–Kier alpha value is -3.00. The molecule has 0 N–H and O–H groups in total.